The zero-order valence-corrected chi connectivity index (χ0v) is 10.6. The van der Waals surface area contributed by atoms with Crippen LogP contribution in [-0.4, -0.2) is 41.8 Å². The SMILES string of the molecule is CCN(Cc1occc1C(=O)O)CC1CCCO1. The van der Waals surface area contributed by atoms with Crippen molar-refractivity contribution in [2.45, 2.75) is 32.4 Å². The third-order valence-corrected chi connectivity index (χ3v) is 3.28. The summed E-state index contributed by atoms with van der Waals surface area (Å²) in [7, 11) is 0. The summed E-state index contributed by atoms with van der Waals surface area (Å²) in [5.74, 6) is -0.422. The molecule has 0 spiro atoms. The second kappa shape index (κ2) is 6.02. The monoisotopic (exact) mass is 253 g/mol. The molecule has 1 unspecified atom stereocenters. The van der Waals surface area contributed by atoms with Crippen molar-refractivity contribution in [2.75, 3.05) is 19.7 Å². The van der Waals surface area contributed by atoms with Crippen molar-refractivity contribution < 1.29 is 19.1 Å². The molecule has 0 bridgehead atoms. The molecule has 0 saturated carbocycles. The maximum Gasteiger partial charge on any atom is 0.339 e. The Bertz CT molecular complexity index is 395. The van der Waals surface area contributed by atoms with Crippen LogP contribution in [0.25, 0.3) is 0 Å². The Balaban J connectivity index is 1.96. The maximum atomic E-state index is 11.0. The lowest BCUT2D eigenvalue weighted by Crippen LogP contribution is -2.31. The fourth-order valence-electron chi connectivity index (χ4n) is 2.24. The van der Waals surface area contributed by atoms with E-state index in [-0.39, 0.29) is 11.7 Å². The second-order valence-electron chi connectivity index (χ2n) is 4.53. The van der Waals surface area contributed by atoms with Gasteiger partial charge in [-0.3, -0.25) is 4.90 Å². The minimum atomic E-state index is -0.938. The molecule has 0 aliphatic carbocycles. The molecular weight excluding hydrogens is 234 g/mol. The summed E-state index contributed by atoms with van der Waals surface area (Å²) in [5.41, 5.74) is 0.251. The molecule has 1 aliphatic rings. The number of carboxylic acid groups (broad SMARTS) is 1. The lowest BCUT2D eigenvalue weighted by Gasteiger charge is -2.22. The number of carboxylic acids is 1. The van der Waals surface area contributed by atoms with Crippen molar-refractivity contribution in [2.24, 2.45) is 0 Å². The first-order valence-corrected chi connectivity index (χ1v) is 6.34. The van der Waals surface area contributed by atoms with Crippen LogP contribution < -0.4 is 0 Å². The highest BCUT2D eigenvalue weighted by Gasteiger charge is 2.21. The van der Waals surface area contributed by atoms with Crippen LogP contribution in [-0.2, 0) is 11.3 Å². The Kier molecular flexibility index (Phi) is 4.38. The highest BCUT2D eigenvalue weighted by molar-refractivity contribution is 5.88. The largest absolute Gasteiger partial charge is 0.478 e. The average Bonchev–Trinajstić information content (AvgIpc) is 2.98. The van der Waals surface area contributed by atoms with Gasteiger partial charge in [-0.15, -0.1) is 0 Å². The zero-order valence-electron chi connectivity index (χ0n) is 10.6. The fourth-order valence-corrected chi connectivity index (χ4v) is 2.24. The lowest BCUT2D eigenvalue weighted by molar-refractivity contribution is 0.0668. The predicted octanol–water partition coefficient (Wildman–Crippen LogP) is 1.98. The van der Waals surface area contributed by atoms with E-state index in [0.29, 0.717) is 12.3 Å². The lowest BCUT2D eigenvalue weighted by atomic mass is 10.2. The van der Waals surface area contributed by atoms with Crippen LogP contribution in [0.5, 0.6) is 0 Å². The number of hydrogen-bond acceptors (Lipinski definition) is 4. The van der Waals surface area contributed by atoms with Gasteiger partial charge in [0.1, 0.15) is 11.3 Å². The van der Waals surface area contributed by atoms with Gasteiger partial charge in [0.25, 0.3) is 0 Å². The molecule has 0 aromatic carbocycles. The van der Waals surface area contributed by atoms with E-state index in [0.717, 1.165) is 32.5 Å². The summed E-state index contributed by atoms with van der Waals surface area (Å²) in [6.45, 7) is 5.09. The molecule has 100 valence electrons. The Morgan fingerprint density at radius 1 is 1.61 bits per heavy atom. The highest BCUT2D eigenvalue weighted by atomic mass is 16.5. The van der Waals surface area contributed by atoms with E-state index in [9.17, 15) is 4.79 Å². The molecule has 2 rings (SSSR count). The Hall–Kier alpha value is -1.33. The van der Waals surface area contributed by atoms with Crippen LogP contribution in [0.1, 0.15) is 35.9 Å². The van der Waals surface area contributed by atoms with E-state index in [1.54, 1.807) is 0 Å². The number of ether oxygens (including phenoxy) is 1. The summed E-state index contributed by atoms with van der Waals surface area (Å²) < 4.78 is 10.9. The summed E-state index contributed by atoms with van der Waals surface area (Å²) in [6.07, 6.45) is 3.90. The minimum Gasteiger partial charge on any atom is -0.478 e. The van der Waals surface area contributed by atoms with Gasteiger partial charge in [-0.1, -0.05) is 6.92 Å². The predicted molar refractivity (Wildman–Crippen MR) is 65.6 cm³/mol. The van der Waals surface area contributed by atoms with Crippen LogP contribution in [0.3, 0.4) is 0 Å². The van der Waals surface area contributed by atoms with Crippen molar-refractivity contribution in [1.29, 1.82) is 0 Å². The summed E-state index contributed by atoms with van der Waals surface area (Å²) >= 11 is 0. The molecule has 1 saturated heterocycles. The van der Waals surface area contributed by atoms with E-state index in [1.807, 2.05) is 0 Å². The van der Waals surface area contributed by atoms with Crippen molar-refractivity contribution in [3.63, 3.8) is 0 Å². The molecule has 2 heterocycles. The number of nitrogens with zero attached hydrogens (tertiary/aromatic N) is 1. The van der Waals surface area contributed by atoms with E-state index < -0.39 is 5.97 Å². The first-order valence-electron chi connectivity index (χ1n) is 6.34. The Morgan fingerprint density at radius 3 is 3.06 bits per heavy atom. The van der Waals surface area contributed by atoms with Gasteiger partial charge in [0.15, 0.2) is 0 Å². The molecule has 1 aromatic heterocycles. The molecule has 1 atom stereocenters. The quantitative estimate of drug-likeness (QED) is 0.839. The molecule has 18 heavy (non-hydrogen) atoms. The fraction of sp³-hybridized carbons (Fsp3) is 0.615. The number of carbonyl (C=O) groups is 1. The van der Waals surface area contributed by atoms with Crippen molar-refractivity contribution in [3.05, 3.63) is 23.7 Å². The molecule has 1 aromatic rings. The van der Waals surface area contributed by atoms with Gasteiger partial charge in [0.05, 0.1) is 18.9 Å². The summed E-state index contributed by atoms with van der Waals surface area (Å²) in [5, 5.41) is 9.02. The van der Waals surface area contributed by atoms with Crippen LogP contribution in [0.15, 0.2) is 16.7 Å². The van der Waals surface area contributed by atoms with E-state index >= 15 is 0 Å². The molecular formula is C13H19NO4. The average molecular weight is 253 g/mol. The first kappa shape index (κ1) is 13.1. The topological polar surface area (TPSA) is 62.9 Å². The van der Waals surface area contributed by atoms with Gasteiger partial charge < -0.3 is 14.3 Å². The number of rotatable bonds is 6. The van der Waals surface area contributed by atoms with Crippen LogP contribution >= 0.6 is 0 Å². The van der Waals surface area contributed by atoms with Crippen LogP contribution in [0.2, 0.25) is 0 Å². The molecule has 1 fully saturated rings. The van der Waals surface area contributed by atoms with Crippen molar-refractivity contribution in [3.8, 4) is 0 Å². The zero-order chi connectivity index (χ0) is 13.0. The normalized spacial score (nSPS) is 19.6. The van der Waals surface area contributed by atoms with E-state index in [1.165, 1.54) is 12.3 Å². The molecule has 5 nitrogen and oxygen atoms in total. The van der Waals surface area contributed by atoms with E-state index in [4.69, 9.17) is 14.3 Å². The van der Waals surface area contributed by atoms with Gasteiger partial charge in [-0.05, 0) is 25.5 Å². The van der Waals surface area contributed by atoms with Gasteiger partial charge in [0, 0.05) is 13.2 Å². The van der Waals surface area contributed by atoms with Gasteiger partial charge in [-0.25, -0.2) is 4.79 Å². The molecule has 0 radical (unpaired) electrons. The Labute approximate surface area is 106 Å². The summed E-state index contributed by atoms with van der Waals surface area (Å²) in [6, 6.07) is 1.50. The second-order valence-corrected chi connectivity index (χ2v) is 4.53. The number of likely N-dealkylation sites (N-methyl/N-ethyl adjacent to an activating group) is 1. The summed E-state index contributed by atoms with van der Waals surface area (Å²) in [4.78, 5) is 13.1. The van der Waals surface area contributed by atoms with Crippen molar-refractivity contribution in [1.82, 2.24) is 4.90 Å². The van der Waals surface area contributed by atoms with Crippen LogP contribution in [0, 0.1) is 0 Å². The smallest absolute Gasteiger partial charge is 0.339 e. The highest BCUT2D eigenvalue weighted by Crippen LogP contribution is 2.17. The first-order chi connectivity index (χ1) is 8.70. The van der Waals surface area contributed by atoms with Crippen molar-refractivity contribution >= 4 is 5.97 Å². The third-order valence-electron chi connectivity index (χ3n) is 3.28. The third kappa shape index (κ3) is 3.11. The molecule has 1 aliphatic heterocycles. The number of aromatic carboxylic acids is 1. The van der Waals surface area contributed by atoms with Crippen LogP contribution in [0.4, 0.5) is 0 Å². The van der Waals surface area contributed by atoms with Gasteiger partial charge >= 0.3 is 5.97 Å². The number of hydrogen-bond donors (Lipinski definition) is 1. The number of furan rings is 1. The standard InChI is InChI=1S/C13H19NO4/c1-2-14(8-10-4-3-6-17-10)9-12-11(13(15)16)5-7-18-12/h5,7,10H,2-4,6,8-9H2,1H3,(H,15,16). The molecule has 1 N–H and O–H groups in total. The van der Waals surface area contributed by atoms with E-state index in [2.05, 4.69) is 11.8 Å². The van der Waals surface area contributed by atoms with Gasteiger partial charge in [0.2, 0.25) is 0 Å². The maximum absolute atomic E-state index is 11.0. The molecule has 0 amide bonds. The Morgan fingerprint density at radius 2 is 2.44 bits per heavy atom. The van der Waals surface area contributed by atoms with Gasteiger partial charge in [-0.2, -0.15) is 0 Å². The molecule has 5 heteroatoms. The minimum absolute atomic E-state index is 0.251.